The monoisotopic (exact) mass is 417 g/mol. The van der Waals surface area contributed by atoms with Crippen LogP contribution in [-0.4, -0.2) is 41.8 Å². The second-order valence-corrected chi connectivity index (χ2v) is 6.99. The van der Waals surface area contributed by atoms with Crippen LogP contribution < -0.4 is 16.6 Å². The number of thiophene rings is 1. The van der Waals surface area contributed by atoms with Gasteiger partial charge in [-0.05, 0) is 35.7 Å². The number of benzene rings is 1. The van der Waals surface area contributed by atoms with Crippen molar-refractivity contribution < 1.29 is 19.1 Å². The number of aromatic nitrogens is 2. The van der Waals surface area contributed by atoms with Crippen molar-refractivity contribution in [2.45, 2.75) is 13.1 Å². The van der Waals surface area contributed by atoms with Crippen molar-refractivity contribution in [1.82, 2.24) is 9.13 Å². The molecule has 29 heavy (non-hydrogen) atoms. The molecule has 0 aliphatic rings. The molecule has 0 fully saturated rings. The van der Waals surface area contributed by atoms with E-state index in [2.05, 4.69) is 10.1 Å². The third-order valence-corrected chi connectivity index (χ3v) is 5.14. The Morgan fingerprint density at radius 2 is 1.79 bits per heavy atom. The molecule has 3 rings (SSSR count). The number of carbonyl (C=O) groups excluding carboxylic acids is 2. The minimum Gasteiger partial charge on any atom is -0.465 e. The molecule has 9 nitrogen and oxygen atoms in total. The van der Waals surface area contributed by atoms with Gasteiger partial charge in [-0.2, -0.15) is 0 Å². The Kier molecular flexibility index (Phi) is 6.25. The van der Waals surface area contributed by atoms with Gasteiger partial charge in [-0.15, -0.1) is 11.3 Å². The number of nitrogens with zero attached hydrogens (tertiary/aromatic N) is 2. The average Bonchev–Trinajstić information content (AvgIpc) is 3.21. The Morgan fingerprint density at radius 1 is 1.07 bits per heavy atom. The van der Waals surface area contributed by atoms with Crippen LogP contribution in [0, 0.1) is 0 Å². The number of hydrogen-bond donors (Lipinski definition) is 1. The van der Waals surface area contributed by atoms with Gasteiger partial charge in [0.1, 0.15) is 11.2 Å². The van der Waals surface area contributed by atoms with Gasteiger partial charge in [0.2, 0.25) is 5.91 Å². The minimum atomic E-state index is -0.575. The summed E-state index contributed by atoms with van der Waals surface area (Å²) in [6.45, 7) is 0.0292. The summed E-state index contributed by atoms with van der Waals surface area (Å²) in [7, 11) is 2.76. The van der Waals surface area contributed by atoms with Crippen molar-refractivity contribution in [2.24, 2.45) is 0 Å². The molecule has 0 aliphatic carbocycles. The van der Waals surface area contributed by atoms with Gasteiger partial charge < -0.3 is 14.8 Å². The van der Waals surface area contributed by atoms with Crippen molar-refractivity contribution in [1.29, 1.82) is 0 Å². The highest BCUT2D eigenvalue weighted by molar-refractivity contribution is 7.17. The zero-order chi connectivity index (χ0) is 21.0. The molecule has 2 heterocycles. The molecule has 1 aromatic carbocycles. The van der Waals surface area contributed by atoms with Crippen molar-refractivity contribution in [3.05, 3.63) is 62.1 Å². The van der Waals surface area contributed by atoms with E-state index in [1.807, 2.05) is 0 Å². The van der Waals surface area contributed by atoms with E-state index in [-0.39, 0.29) is 19.7 Å². The molecule has 0 aliphatic heterocycles. The minimum absolute atomic E-state index is 0.0958. The smallest absolute Gasteiger partial charge is 0.337 e. The van der Waals surface area contributed by atoms with Gasteiger partial charge in [0.15, 0.2) is 0 Å². The summed E-state index contributed by atoms with van der Waals surface area (Å²) in [6, 6.07) is 7.81. The first-order valence-electron chi connectivity index (χ1n) is 8.64. The number of anilines is 1. The number of hydrogen-bond acceptors (Lipinski definition) is 7. The molecule has 0 saturated carbocycles. The van der Waals surface area contributed by atoms with Crippen molar-refractivity contribution in [2.75, 3.05) is 26.1 Å². The molecule has 3 aromatic rings. The van der Waals surface area contributed by atoms with Crippen LogP contribution in [0.2, 0.25) is 0 Å². The summed E-state index contributed by atoms with van der Waals surface area (Å²) < 4.78 is 12.3. The first-order valence-corrected chi connectivity index (χ1v) is 9.52. The summed E-state index contributed by atoms with van der Waals surface area (Å²) in [5.41, 5.74) is 0.257. The topological polar surface area (TPSA) is 109 Å². The van der Waals surface area contributed by atoms with E-state index < -0.39 is 23.1 Å². The summed E-state index contributed by atoms with van der Waals surface area (Å²) in [6.07, 6.45) is 0. The van der Waals surface area contributed by atoms with Crippen molar-refractivity contribution in [3.63, 3.8) is 0 Å². The highest BCUT2D eigenvalue weighted by atomic mass is 32.1. The van der Waals surface area contributed by atoms with Crippen LogP contribution in [0.3, 0.4) is 0 Å². The molecule has 0 radical (unpaired) electrons. The van der Waals surface area contributed by atoms with E-state index in [9.17, 15) is 19.2 Å². The Hall–Kier alpha value is -3.24. The second-order valence-electron chi connectivity index (χ2n) is 6.07. The maximum atomic E-state index is 12.8. The Morgan fingerprint density at radius 3 is 2.45 bits per heavy atom. The fourth-order valence-corrected chi connectivity index (χ4v) is 3.66. The van der Waals surface area contributed by atoms with Crippen LogP contribution in [-0.2, 0) is 27.4 Å². The lowest BCUT2D eigenvalue weighted by molar-refractivity contribution is -0.116. The van der Waals surface area contributed by atoms with Crippen LogP contribution >= 0.6 is 11.3 Å². The highest BCUT2D eigenvalue weighted by Crippen LogP contribution is 2.16. The molecule has 1 amide bonds. The summed E-state index contributed by atoms with van der Waals surface area (Å²) >= 11 is 1.21. The number of fused-ring (bicyclic) bond motifs is 1. The second kappa shape index (κ2) is 8.84. The van der Waals surface area contributed by atoms with Gasteiger partial charge in [-0.3, -0.25) is 18.7 Å². The van der Waals surface area contributed by atoms with E-state index in [1.54, 1.807) is 23.6 Å². The number of nitrogens with one attached hydrogen (secondary N) is 1. The standard InChI is InChI=1S/C19H19N3O6S/c1-27-9-8-21-17(24)16-14(7-10-29-16)22(19(21)26)11-15(23)20-13-5-3-12(4-6-13)18(25)28-2/h3-7,10H,8-9,11H2,1-2H3,(H,20,23). The highest BCUT2D eigenvalue weighted by Gasteiger charge is 2.16. The van der Waals surface area contributed by atoms with Crippen molar-refractivity contribution >= 4 is 39.1 Å². The zero-order valence-corrected chi connectivity index (χ0v) is 16.7. The van der Waals surface area contributed by atoms with E-state index in [0.29, 0.717) is 21.5 Å². The van der Waals surface area contributed by atoms with Crippen LogP contribution in [0.25, 0.3) is 10.2 Å². The van der Waals surface area contributed by atoms with Gasteiger partial charge in [0.05, 0.1) is 31.3 Å². The van der Waals surface area contributed by atoms with Gasteiger partial charge >= 0.3 is 11.7 Å². The van der Waals surface area contributed by atoms with Gasteiger partial charge in [0, 0.05) is 12.8 Å². The molecule has 2 aromatic heterocycles. The van der Waals surface area contributed by atoms with Crippen LogP contribution in [0.15, 0.2) is 45.3 Å². The maximum absolute atomic E-state index is 12.8. The number of rotatable bonds is 7. The summed E-state index contributed by atoms with van der Waals surface area (Å²) in [5, 5.41) is 4.38. The molecule has 0 spiro atoms. The third-order valence-electron chi connectivity index (χ3n) is 4.25. The first kappa shape index (κ1) is 20.5. The molecule has 0 bridgehead atoms. The lowest BCUT2D eigenvalue weighted by Gasteiger charge is -2.12. The quantitative estimate of drug-likeness (QED) is 0.581. The van der Waals surface area contributed by atoms with E-state index in [4.69, 9.17) is 4.74 Å². The largest absolute Gasteiger partial charge is 0.465 e. The molecule has 0 unspecified atom stereocenters. The number of esters is 1. The lowest BCUT2D eigenvalue weighted by atomic mass is 10.2. The van der Waals surface area contributed by atoms with Crippen LogP contribution in [0.5, 0.6) is 0 Å². The van der Waals surface area contributed by atoms with E-state index >= 15 is 0 Å². The third kappa shape index (κ3) is 4.28. The summed E-state index contributed by atoms with van der Waals surface area (Å²) in [4.78, 5) is 49.3. The van der Waals surface area contributed by atoms with Crippen molar-refractivity contribution in [3.8, 4) is 0 Å². The molecule has 152 valence electrons. The molecule has 1 N–H and O–H groups in total. The normalized spacial score (nSPS) is 10.8. The number of carbonyl (C=O) groups is 2. The molecular weight excluding hydrogens is 398 g/mol. The Bertz CT molecular complexity index is 1160. The van der Waals surface area contributed by atoms with Gasteiger partial charge in [-0.25, -0.2) is 9.59 Å². The fourth-order valence-electron chi connectivity index (χ4n) is 2.82. The lowest BCUT2D eigenvalue weighted by Crippen LogP contribution is -2.42. The maximum Gasteiger partial charge on any atom is 0.337 e. The predicted molar refractivity (Wildman–Crippen MR) is 109 cm³/mol. The Labute approximate surface area is 169 Å². The zero-order valence-electron chi connectivity index (χ0n) is 15.8. The molecule has 0 saturated heterocycles. The molecule has 10 heteroatoms. The number of amides is 1. The van der Waals surface area contributed by atoms with Gasteiger partial charge in [-0.1, -0.05) is 0 Å². The number of ether oxygens (including phenoxy) is 2. The Balaban J connectivity index is 1.86. The van der Waals surface area contributed by atoms with Gasteiger partial charge in [0.25, 0.3) is 5.56 Å². The van der Waals surface area contributed by atoms with Crippen LogP contribution in [0.4, 0.5) is 5.69 Å². The average molecular weight is 417 g/mol. The molecule has 0 atom stereocenters. The van der Waals surface area contributed by atoms with Crippen LogP contribution in [0.1, 0.15) is 10.4 Å². The predicted octanol–water partition coefficient (Wildman–Crippen LogP) is 1.30. The summed E-state index contributed by atoms with van der Waals surface area (Å²) in [5.74, 6) is -0.921. The first-order chi connectivity index (χ1) is 14.0. The fraction of sp³-hybridized carbons (Fsp3) is 0.263. The number of methoxy groups -OCH3 is 2. The van der Waals surface area contributed by atoms with E-state index in [1.165, 1.54) is 42.3 Å². The molecular formula is C19H19N3O6S. The van der Waals surface area contributed by atoms with E-state index in [0.717, 1.165) is 4.57 Å². The SMILES string of the molecule is COCCn1c(=O)c2sccc2n(CC(=O)Nc2ccc(C(=O)OC)cc2)c1=O.